The van der Waals surface area contributed by atoms with Gasteiger partial charge in [0, 0.05) is 19.7 Å². The molecule has 0 saturated carbocycles. The van der Waals surface area contributed by atoms with Crippen LogP contribution in [0.25, 0.3) is 0 Å². The highest BCUT2D eigenvalue weighted by Gasteiger charge is 2.36. The summed E-state index contributed by atoms with van der Waals surface area (Å²) in [6, 6.07) is -0.260. The van der Waals surface area contributed by atoms with E-state index in [4.69, 9.17) is 14.2 Å². The fraction of sp³-hybridized carbons (Fsp3) is 0.917. The molecule has 0 bridgehead atoms. The SMILES string of the molecule is COC(=O)C(C1CCCCO1)N1CCOCC1. The summed E-state index contributed by atoms with van der Waals surface area (Å²) in [6.45, 7) is 3.67. The first-order valence-corrected chi connectivity index (χ1v) is 6.34. The zero-order chi connectivity index (χ0) is 12.1. The lowest BCUT2D eigenvalue weighted by atomic mass is 10.0. The number of methoxy groups -OCH3 is 1. The van der Waals surface area contributed by atoms with E-state index >= 15 is 0 Å². The maximum atomic E-state index is 11.9. The smallest absolute Gasteiger partial charge is 0.325 e. The number of morpholine rings is 1. The van der Waals surface area contributed by atoms with Crippen LogP contribution in [-0.2, 0) is 19.0 Å². The molecule has 2 saturated heterocycles. The van der Waals surface area contributed by atoms with E-state index in [0.717, 1.165) is 39.0 Å². The number of hydrogen-bond acceptors (Lipinski definition) is 5. The number of esters is 1. The lowest BCUT2D eigenvalue weighted by Gasteiger charge is -2.38. The van der Waals surface area contributed by atoms with Gasteiger partial charge in [-0.05, 0) is 19.3 Å². The molecule has 0 amide bonds. The van der Waals surface area contributed by atoms with E-state index in [0.29, 0.717) is 13.2 Å². The van der Waals surface area contributed by atoms with Crippen molar-refractivity contribution in [3.05, 3.63) is 0 Å². The quantitative estimate of drug-likeness (QED) is 0.673. The van der Waals surface area contributed by atoms with Crippen LogP contribution in [-0.4, -0.2) is 63.0 Å². The Balaban J connectivity index is 2.02. The molecule has 2 unspecified atom stereocenters. The van der Waals surface area contributed by atoms with E-state index in [1.807, 2.05) is 0 Å². The van der Waals surface area contributed by atoms with Gasteiger partial charge in [-0.3, -0.25) is 9.69 Å². The van der Waals surface area contributed by atoms with Gasteiger partial charge >= 0.3 is 5.97 Å². The van der Waals surface area contributed by atoms with E-state index in [1.54, 1.807) is 0 Å². The van der Waals surface area contributed by atoms with Gasteiger partial charge in [0.15, 0.2) is 0 Å². The average Bonchev–Trinajstić information content (AvgIpc) is 2.41. The molecule has 0 aromatic heterocycles. The molecule has 5 heteroatoms. The zero-order valence-electron chi connectivity index (χ0n) is 10.4. The topological polar surface area (TPSA) is 48.0 Å². The molecule has 98 valence electrons. The van der Waals surface area contributed by atoms with Crippen molar-refractivity contribution in [3.63, 3.8) is 0 Å². The van der Waals surface area contributed by atoms with Crippen LogP contribution in [0.5, 0.6) is 0 Å². The van der Waals surface area contributed by atoms with Gasteiger partial charge in [-0.25, -0.2) is 0 Å². The summed E-state index contributed by atoms with van der Waals surface area (Å²) in [7, 11) is 1.44. The summed E-state index contributed by atoms with van der Waals surface area (Å²) < 4.78 is 16.0. The Hall–Kier alpha value is -0.650. The maximum Gasteiger partial charge on any atom is 0.325 e. The third-order valence-electron chi connectivity index (χ3n) is 3.45. The molecular weight excluding hydrogens is 222 g/mol. The summed E-state index contributed by atoms with van der Waals surface area (Å²) >= 11 is 0. The number of ether oxygens (including phenoxy) is 3. The Morgan fingerprint density at radius 1 is 1.29 bits per heavy atom. The predicted molar refractivity (Wildman–Crippen MR) is 61.8 cm³/mol. The number of carbonyl (C=O) groups is 1. The van der Waals surface area contributed by atoms with Crippen molar-refractivity contribution in [1.29, 1.82) is 0 Å². The first-order valence-electron chi connectivity index (χ1n) is 6.34. The van der Waals surface area contributed by atoms with E-state index in [9.17, 15) is 4.79 Å². The van der Waals surface area contributed by atoms with Crippen LogP contribution in [0.1, 0.15) is 19.3 Å². The van der Waals surface area contributed by atoms with Crippen LogP contribution in [0.3, 0.4) is 0 Å². The van der Waals surface area contributed by atoms with E-state index < -0.39 is 0 Å². The molecule has 2 aliphatic rings. The minimum atomic E-state index is -0.260. The first kappa shape index (κ1) is 12.8. The van der Waals surface area contributed by atoms with E-state index in [2.05, 4.69) is 4.90 Å². The molecule has 0 radical (unpaired) electrons. The Morgan fingerprint density at radius 3 is 2.65 bits per heavy atom. The molecule has 0 spiro atoms. The Kier molecular flexibility index (Phi) is 4.76. The van der Waals surface area contributed by atoms with E-state index in [1.165, 1.54) is 7.11 Å². The number of rotatable bonds is 3. The summed E-state index contributed by atoms with van der Waals surface area (Å²) in [4.78, 5) is 14.1. The predicted octanol–water partition coefficient (Wildman–Crippen LogP) is 0.429. The van der Waals surface area contributed by atoms with Gasteiger partial charge in [0.25, 0.3) is 0 Å². The zero-order valence-corrected chi connectivity index (χ0v) is 10.4. The highest BCUT2D eigenvalue weighted by atomic mass is 16.5. The van der Waals surface area contributed by atoms with Gasteiger partial charge in [-0.1, -0.05) is 0 Å². The van der Waals surface area contributed by atoms with Crippen LogP contribution in [0, 0.1) is 0 Å². The van der Waals surface area contributed by atoms with Gasteiger partial charge in [0.2, 0.25) is 0 Å². The molecule has 0 N–H and O–H groups in total. The van der Waals surface area contributed by atoms with Crippen molar-refractivity contribution in [3.8, 4) is 0 Å². The minimum Gasteiger partial charge on any atom is -0.468 e. The van der Waals surface area contributed by atoms with Gasteiger partial charge in [0.1, 0.15) is 6.04 Å². The maximum absolute atomic E-state index is 11.9. The lowest BCUT2D eigenvalue weighted by Crippen LogP contribution is -2.54. The van der Waals surface area contributed by atoms with Crippen LogP contribution >= 0.6 is 0 Å². The highest BCUT2D eigenvalue weighted by molar-refractivity contribution is 5.76. The summed E-state index contributed by atoms with van der Waals surface area (Å²) in [6.07, 6.45) is 3.14. The Labute approximate surface area is 102 Å². The fourth-order valence-electron chi connectivity index (χ4n) is 2.53. The van der Waals surface area contributed by atoms with Crippen molar-refractivity contribution >= 4 is 5.97 Å². The molecule has 0 aromatic carbocycles. The van der Waals surface area contributed by atoms with E-state index in [-0.39, 0.29) is 18.1 Å². The highest BCUT2D eigenvalue weighted by Crippen LogP contribution is 2.21. The molecule has 2 fully saturated rings. The molecule has 2 heterocycles. The third kappa shape index (κ3) is 3.18. The second-order valence-electron chi connectivity index (χ2n) is 4.52. The van der Waals surface area contributed by atoms with Gasteiger partial charge < -0.3 is 14.2 Å². The normalized spacial score (nSPS) is 28.6. The van der Waals surface area contributed by atoms with Crippen LogP contribution in [0.15, 0.2) is 0 Å². The number of nitrogens with zero attached hydrogens (tertiary/aromatic N) is 1. The Morgan fingerprint density at radius 2 is 2.06 bits per heavy atom. The van der Waals surface area contributed by atoms with Crippen molar-refractivity contribution in [2.75, 3.05) is 40.0 Å². The molecule has 17 heavy (non-hydrogen) atoms. The second-order valence-corrected chi connectivity index (χ2v) is 4.52. The molecule has 2 rings (SSSR count). The molecule has 0 aromatic rings. The third-order valence-corrected chi connectivity index (χ3v) is 3.45. The largest absolute Gasteiger partial charge is 0.468 e. The summed E-state index contributed by atoms with van der Waals surface area (Å²) in [5, 5.41) is 0. The first-order chi connectivity index (χ1) is 8.33. The van der Waals surface area contributed by atoms with Crippen molar-refractivity contribution < 1.29 is 19.0 Å². The molecular formula is C12H21NO4. The average molecular weight is 243 g/mol. The molecule has 2 atom stereocenters. The fourth-order valence-corrected chi connectivity index (χ4v) is 2.53. The Bertz CT molecular complexity index is 229. The monoisotopic (exact) mass is 243 g/mol. The standard InChI is InChI=1S/C12H21NO4/c1-15-12(14)11(10-4-2-3-7-17-10)13-5-8-16-9-6-13/h10-11H,2-9H2,1H3. The minimum absolute atomic E-state index is 0.0192. The molecule has 5 nitrogen and oxygen atoms in total. The summed E-state index contributed by atoms with van der Waals surface area (Å²) in [5.74, 6) is -0.182. The van der Waals surface area contributed by atoms with Gasteiger partial charge in [-0.2, -0.15) is 0 Å². The lowest BCUT2D eigenvalue weighted by molar-refractivity contribution is -0.158. The van der Waals surface area contributed by atoms with Gasteiger partial charge in [-0.15, -0.1) is 0 Å². The van der Waals surface area contributed by atoms with Crippen LogP contribution < -0.4 is 0 Å². The van der Waals surface area contributed by atoms with Crippen LogP contribution in [0.2, 0.25) is 0 Å². The second kappa shape index (κ2) is 6.33. The van der Waals surface area contributed by atoms with Crippen molar-refractivity contribution in [1.82, 2.24) is 4.90 Å². The number of hydrogen-bond donors (Lipinski definition) is 0. The van der Waals surface area contributed by atoms with Crippen molar-refractivity contribution in [2.45, 2.75) is 31.4 Å². The molecule has 0 aliphatic carbocycles. The van der Waals surface area contributed by atoms with Gasteiger partial charge in [0.05, 0.1) is 26.4 Å². The molecule has 2 aliphatic heterocycles. The summed E-state index contributed by atoms with van der Waals surface area (Å²) in [5.41, 5.74) is 0. The number of carbonyl (C=O) groups excluding carboxylic acids is 1. The van der Waals surface area contributed by atoms with Crippen LogP contribution in [0.4, 0.5) is 0 Å². The van der Waals surface area contributed by atoms with Crippen molar-refractivity contribution in [2.24, 2.45) is 0 Å².